The van der Waals surface area contributed by atoms with Crippen LogP contribution in [0.5, 0.6) is 0 Å². The predicted molar refractivity (Wildman–Crippen MR) is 68.0 cm³/mol. The average molecular weight is 267 g/mol. The van der Waals surface area contributed by atoms with Crippen molar-refractivity contribution in [2.75, 3.05) is 0 Å². The number of aromatic amines is 1. The molecule has 0 fully saturated rings. The molecule has 2 aromatic rings. The smallest absolute Gasteiger partial charge is 0.0500 e. The topological polar surface area (TPSA) is 41.8 Å². The quantitative estimate of drug-likeness (QED) is 0.858. The van der Waals surface area contributed by atoms with Gasteiger partial charge in [-0.2, -0.15) is 0 Å². The molecule has 3 N–H and O–H groups in total. The largest absolute Gasteiger partial charge is 0.356 e. The Kier molecular flexibility index (Phi) is 2.85. The van der Waals surface area contributed by atoms with Gasteiger partial charge < -0.3 is 10.7 Å². The highest BCUT2D eigenvalue weighted by atomic mass is 79.9. The van der Waals surface area contributed by atoms with Gasteiger partial charge in [0.15, 0.2) is 0 Å². The van der Waals surface area contributed by atoms with Crippen LogP contribution in [-0.2, 0) is 6.42 Å². The first-order valence-corrected chi connectivity index (χ1v) is 5.99. The SMILES string of the molecule is CCc1cccc2c(Br)c(C(C)N)[nH]c12. The lowest BCUT2D eigenvalue weighted by molar-refractivity contribution is 0.787. The number of nitrogens with two attached hydrogens (primary N) is 1. The second-order valence-electron chi connectivity index (χ2n) is 3.83. The van der Waals surface area contributed by atoms with Crippen molar-refractivity contribution < 1.29 is 0 Å². The Morgan fingerprint density at radius 3 is 2.80 bits per heavy atom. The minimum absolute atomic E-state index is 0.0245. The fourth-order valence-electron chi connectivity index (χ4n) is 1.87. The Labute approximate surface area is 98.0 Å². The van der Waals surface area contributed by atoms with Gasteiger partial charge in [0.05, 0.1) is 5.52 Å². The third kappa shape index (κ3) is 1.70. The lowest BCUT2D eigenvalue weighted by atomic mass is 10.1. The summed E-state index contributed by atoms with van der Waals surface area (Å²) in [6.07, 6.45) is 1.03. The fraction of sp³-hybridized carbons (Fsp3) is 0.333. The second kappa shape index (κ2) is 3.99. The highest BCUT2D eigenvalue weighted by molar-refractivity contribution is 9.10. The number of H-pyrrole nitrogens is 1. The standard InChI is InChI=1S/C12H15BrN2/c1-3-8-5-4-6-9-10(13)11(7(2)14)15-12(8)9/h4-7,15H,3,14H2,1-2H3. The Morgan fingerprint density at radius 2 is 2.20 bits per heavy atom. The number of rotatable bonds is 2. The van der Waals surface area contributed by atoms with Crippen molar-refractivity contribution in [2.24, 2.45) is 5.73 Å². The lowest BCUT2D eigenvalue weighted by Gasteiger charge is -2.01. The number of aromatic nitrogens is 1. The van der Waals surface area contributed by atoms with Crippen molar-refractivity contribution in [2.45, 2.75) is 26.3 Å². The summed E-state index contributed by atoms with van der Waals surface area (Å²) in [5, 5.41) is 1.22. The maximum atomic E-state index is 5.91. The molecular weight excluding hydrogens is 252 g/mol. The van der Waals surface area contributed by atoms with Crippen LogP contribution < -0.4 is 5.73 Å². The van der Waals surface area contributed by atoms with E-state index in [0.717, 1.165) is 16.6 Å². The van der Waals surface area contributed by atoms with Crippen molar-refractivity contribution >= 4 is 26.8 Å². The van der Waals surface area contributed by atoms with Gasteiger partial charge in [-0.25, -0.2) is 0 Å². The second-order valence-corrected chi connectivity index (χ2v) is 4.63. The molecule has 0 spiro atoms. The van der Waals surface area contributed by atoms with Crippen LogP contribution in [0.4, 0.5) is 0 Å². The Balaban J connectivity index is 2.75. The summed E-state index contributed by atoms with van der Waals surface area (Å²) in [7, 11) is 0. The van der Waals surface area contributed by atoms with Gasteiger partial charge in [-0.3, -0.25) is 0 Å². The van der Waals surface area contributed by atoms with E-state index in [0.29, 0.717) is 0 Å². The van der Waals surface area contributed by atoms with Crippen LogP contribution >= 0.6 is 15.9 Å². The normalized spacial score (nSPS) is 13.3. The summed E-state index contributed by atoms with van der Waals surface area (Å²) < 4.78 is 1.10. The number of halogens is 1. The fourth-order valence-corrected chi connectivity index (χ4v) is 2.66. The molecule has 80 valence electrons. The maximum absolute atomic E-state index is 5.91. The first kappa shape index (κ1) is 10.7. The maximum Gasteiger partial charge on any atom is 0.0500 e. The van der Waals surface area contributed by atoms with E-state index >= 15 is 0 Å². The zero-order chi connectivity index (χ0) is 11.0. The van der Waals surface area contributed by atoms with E-state index in [-0.39, 0.29) is 6.04 Å². The summed E-state index contributed by atoms with van der Waals surface area (Å²) in [6.45, 7) is 4.15. The monoisotopic (exact) mass is 266 g/mol. The molecule has 15 heavy (non-hydrogen) atoms. The van der Waals surface area contributed by atoms with Crippen LogP contribution in [0.3, 0.4) is 0 Å². The highest BCUT2D eigenvalue weighted by Gasteiger charge is 2.13. The highest BCUT2D eigenvalue weighted by Crippen LogP contribution is 2.32. The van der Waals surface area contributed by atoms with Gasteiger partial charge in [0.25, 0.3) is 0 Å². The number of benzene rings is 1. The molecule has 0 aliphatic carbocycles. The van der Waals surface area contributed by atoms with E-state index in [4.69, 9.17) is 5.73 Å². The van der Waals surface area contributed by atoms with E-state index in [9.17, 15) is 0 Å². The van der Waals surface area contributed by atoms with Crippen molar-refractivity contribution in [3.8, 4) is 0 Å². The minimum atomic E-state index is 0.0245. The summed E-state index contributed by atoms with van der Waals surface area (Å²) in [4.78, 5) is 3.41. The molecule has 0 saturated carbocycles. The van der Waals surface area contributed by atoms with Crippen molar-refractivity contribution in [1.29, 1.82) is 0 Å². The molecule has 1 atom stereocenters. The van der Waals surface area contributed by atoms with Gasteiger partial charge in [0.1, 0.15) is 0 Å². The number of nitrogens with one attached hydrogen (secondary N) is 1. The summed E-state index contributed by atoms with van der Waals surface area (Å²) in [5.74, 6) is 0. The number of hydrogen-bond acceptors (Lipinski definition) is 1. The van der Waals surface area contributed by atoms with Crippen LogP contribution in [-0.4, -0.2) is 4.98 Å². The van der Waals surface area contributed by atoms with Crippen LogP contribution in [0.2, 0.25) is 0 Å². The zero-order valence-corrected chi connectivity index (χ0v) is 10.6. The van der Waals surface area contributed by atoms with Gasteiger partial charge >= 0.3 is 0 Å². The first-order valence-electron chi connectivity index (χ1n) is 5.19. The molecule has 1 aromatic carbocycles. The minimum Gasteiger partial charge on any atom is -0.356 e. The Hall–Kier alpha value is -0.800. The predicted octanol–water partition coefficient (Wildman–Crippen LogP) is 3.51. The van der Waals surface area contributed by atoms with Crippen molar-refractivity contribution in [1.82, 2.24) is 4.98 Å². The zero-order valence-electron chi connectivity index (χ0n) is 8.97. The molecule has 0 amide bonds. The van der Waals surface area contributed by atoms with Crippen molar-refractivity contribution in [3.05, 3.63) is 33.9 Å². The van der Waals surface area contributed by atoms with Gasteiger partial charge in [-0.15, -0.1) is 0 Å². The lowest BCUT2D eigenvalue weighted by Crippen LogP contribution is -2.05. The molecule has 3 heteroatoms. The molecule has 2 rings (SSSR count). The van der Waals surface area contributed by atoms with Crippen molar-refractivity contribution in [3.63, 3.8) is 0 Å². The van der Waals surface area contributed by atoms with E-state index in [2.05, 4.69) is 46.0 Å². The van der Waals surface area contributed by atoms with Gasteiger partial charge in [0, 0.05) is 21.6 Å². The number of fused-ring (bicyclic) bond motifs is 1. The molecule has 1 heterocycles. The van der Waals surface area contributed by atoms with E-state index in [1.807, 2.05) is 6.92 Å². The van der Waals surface area contributed by atoms with Gasteiger partial charge in [-0.05, 0) is 34.8 Å². The molecule has 2 nitrogen and oxygen atoms in total. The van der Waals surface area contributed by atoms with Crippen LogP contribution in [0.15, 0.2) is 22.7 Å². The molecule has 1 aromatic heterocycles. The molecule has 1 unspecified atom stereocenters. The third-order valence-corrected chi connectivity index (χ3v) is 3.57. The molecule has 0 aliphatic rings. The summed E-state index contributed by atoms with van der Waals surface area (Å²) in [6, 6.07) is 6.37. The Morgan fingerprint density at radius 1 is 1.47 bits per heavy atom. The number of para-hydroxylation sites is 1. The summed E-state index contributed by atoms with van der Waals surface area (Å²) >= 11 is 3.60. The van der Waals surface area contributed by atoms with Gasteiger partial charge in [0.2, 0.25) is 0 Å². The van der Waals surface area contributed by atoms with E-state index in [1.165, 1.54) is 16.5 Å². The molecule has 0 aliphatic heterocycles. The summed E-state index contributed by atoms with van der Waals surface area (Å²) in [5.41, 5.74) is 9.52. The number of hydrogen-bond donors (Lipinski definition) is 2. The van der Waals surface area contributed by atoms with Crippen LogP contribution in [0.25, 0.3) is 10.9 Å². The van der Waals surface area contributed by atoms with Crippen LogP contribution in [0, 0.1) is 0 Å². The molecule has 0 radical (unpaired) electrons. The third-order valence-electron chi connectivity index (χ3n) is 2.72. The average Bonchev–Trinajstić information content (AvgIpc) is 2.56. The van der Waals surface area contributed by atoms with E-state index < -0.39 is 0 Å². The molecule has 0 saturated heterocycles. The Bertz CT molecular complexity index is 486. The molecular formula is C12H15BrN2. The van der Waals surface area contributed by atoms with Crippen LogP contribution in [0.1, 0.15) is 31.1 Å². The molecule has 0 bridgehead atoms. The number of aryl methyl sites for hydroxylation is 1. The van der Waals surface area contributed by atoms with E-state index in [1.54, 1.807) is 0 Å². The van der Waals surface area contributed by atoms with Gasteiger partial charge in [-0.1, -0.05) is 25.1 Å². The first-order chi connectivity index (χ1) is 7.15.